The number of benzene rings is 1. The molecule has 140 valence electrons. The second kappa shape index (κ2) is 8.07. The molecule has 8 heteroatoms. The highest BCUT2D eigenvalue weighted by atomic mass is 35.5. The van der Waals surface area contributed by atoms with E-state index in [4.69, 9.17) is 9.47 Å². The highest BCUT2D eigenvalue weighted by Crippen LogP contribution is 2.27. The molecule has 7 nitrogen and oxygen atoms in total. The number of carbonyl (C=O) groups excluding carboxylic acids is 1. The Kier molecular flexibility index (Phi) is 5.80. The van der Waals surface area contributed by atoms with Gasteiger partial charge in [0.05, 0.1) is 20.3 Å². The first kappa shape index (κ1) is 18.7. The number of fused-ring (bicyclic) bond motifs is 1. The number of hydrogen-bond donors (Lipinski definition) is 2. The minimum absolute atomic E-state index is 0. The van der Waals surface area contributed by atoms with Gasteiger partial charge in [-0.1, -0.05) is 12.1 Å². The number of H-pyrrole nitrogens is 1. The van der Waals surface area contributed by atoms with Crippen molar-refractivity contribution in [2.24, 2.45) is 0 Å². The van der Waals surface area contributed by atoms with Crippen LogP contribution >= 0.6 is 12.4 Å². The lowest BCUT2D eigenvalue weighted by Gasteiger charge is -2.33. The van der Waals surface area contributed by atoms with E-state index in [0.29, 0.717) is 31.9 Å². The number of morpholine rings is 1. The van der Waals surface area contributed by atoms with Gasteiger partial charge in [-0.15, -0.1) is 12.4 Å². The molecule has 2 N–H and O–H groups in total. The molecule has 1 aromatic heterocycles. The Bertz CT molecular complexity index is 780. The van der Waals surface area contributed by atoms with Crippen molar-refractivity contribution in [2.45, 2.75) is 19.1 Å². The summed E-state index contributed by atoms with van der Waals surface area (Å²) in [6, 6.07) is 7.80. The second-order valence-electron chi connectivity index (χ2n) is 6.34. The first-order valence-corrected chi connectivity index (χ1v) is 8.58. The van der Waals surface area contributed by atoms with Gasteiger partial charge < -0.3 is 19.7 Å². The molecule has 2 aromatic rings. The molecule has 1 atom stereocenters. The number of nitrogens with one attached hydrogen (secondary N) is 2. The molecule has 4 rings (SSSR count). The van der Waals surface area contributed by atoms with Gasteiger partial charge >= 0.3 is 0 Å². The van der Waals surface area contributed by atoms with E-state index in [1.54, 1.807) is 7.11 Å². The molecule has 0 bridgehead atoms. The number of carbonyl (C=O) groups is 1. The molecular formula is C18H23ClN4O3. The lowest BCUT2D eigenvalue weighted by Crippen LogP contribution is -2.43. The quantitative estimate of drug-likeness (QED) is 0.849. The number of methoxy groups -OCH3 is 1. The van der Waals surface area contributed by atoms with Crippen molar-refractivity contribution in [1.29, 1.82) is 0 Å². The molecule has 3 heterocycles. The molecule has 1 amide bonds. The number of amides is 1. The number of rotatable bonds is 3. The van der Waals surface area contributed by atoms with E-state index in [2.05, 4.69) is 15.5 Å². The first-order chi connectivity index (χ1) is 12.3. The Morgan fingerprint density at radius 1 is 1.42 bits per heavy atom. The fourth-order valence-corrected chi connectivity index (χ4v) is 3.43. The molecule has 2 aliphatic heterocycles. The molecule has 1 saturated heterocycles. The van der Waals surface area contributed by atoms with Crippen molar-refractivity contribution in [3.63, 3.8) is 0 Å². The number of halogens is 1. The Morgan fingerprint density at radius 3 is 3.15 bits per heavy atom. The predicted octanol–water partition coefficient (Wildman–Crippen LogP) is 1.70. The number of aromatic nitrogens is 2. The summed E-state index contributed by atoms with van der Waals surface area (Å²) < 4.78 is 11.2. The van der Waals surface area contributed by atoms with Gasteiger partial charge in [0.1, 0.15) is 11.9 Å². The van der Waals surface area contributed by atoms with E-state index in [9.17, 15) is 4.79 Å². The smallest absolute Gasteiger partial charge is 0.274 e. The Balaban J connectivity index is 0.00000196. The molecule has 26 heavy (non-hydrogen) atoms. The van der Waals surface area contributed by atoms with Crippen molar-refractivity contribution in [2.75, 3.05) is 33.4 Å². The zero-order chi connectivity index (χ0) is 17.2. The summed E-state index contributed by atoms with van der Waals surface area (Å²) in [6.45, 7) is 3.21. The Morgan fingerprint density at radius 2 is 2.31 bits per heavy atom. The summed E-state index contributed by atoms with van der Waals surface area (Å²) >= 11 is 0. The minimum atomic E-state index is -0.152. The summed E-state index contributed by atoms with van der Waals surface area (Å²) in [5.74, 6) is 0.759. The van der Waals surface area contributed by atoms with Crippen molar-refractivity contribution in [3.05, 3.63) is 46.8 Å². The van der Waals surface area contributed by atoms with Crippen LogP contribution in [0, 0.1) is 0 Å². The summed E-state index contributed by atoms with van der Waals surface area (Å²) in [4.78, 5) is 14.8. The van der Waals surface area contributed by atoms with Gasteiger partial charge in [0.25, 0.3) is 5.91 Å². The standard InChI is InChI=1S/C18H22N4O3.ClH/c1-24-13-4-2-3-12(9-13)16-11-22(7-8-25-16)18(23)17-14-10-19-6-5-15(14)20-21-17;/h2-4,9,16,19H,5-8,10-11H2,1H3,(H,20,21);1H. The Hall–Kier alpha value is -2.09. The van der Waals surface area contributed by atoms with Crippen LogP contribution in [0.5, 0.6) is 5.75 Å². The topological polar surface area (TPSA) is 79.5 Å². The minimum Gasteiger partial charge on any atom is -0.497 e. The second-order valence-corrected chi connectivity index (χ2v) is 6.34. The Labute approximate surface area is 158 Å². The van der Waals surface area contributed by atoms with Crippen LogP contribution < -0.4 is 10.1 Å². The van der Waals surface area contributed by atoms with Crippen LogP contribution in [-0.2, 0) is 17.7 Å². The molecule has 2 aliphatic rings. The molecule has 1 unspecified atom stereocenters. The summed E-state index contributed by atoms with van der Waals surface area (Å²) in [5.41, 5.74) is 3.62. The maximum atomic E-state index is 13.0. The largest absolute Gasteiger partial charge is 0.497 e. The van der Waals surface area contributed by atoms with Gasteiger partial charge in [-0.25, -0.2) is 0 Å². The first-order valence-electron chi connectivity index (χ1n) is 8.58. The van der Waals surface area contributed by atoms with E-state index in [1.165, 1.54) is 0 Å². The number of hydrogen-bond acceptors (Lipinski definition) is 5. The highest BCUT2D eigenvalue weighted by molar-refractivity contribution is 5.94. The van der Waals surface area contributed by atoms with Crippen LogP contribution in [0.2, 0.25) is 0 Å². The van der Waals surface area contributed by atoms with Crippen molar-refractivity contribution in [3.8, 4) is 5.75 Å². The maximum Gasteiger partial charge on any atom is 0.274 e. The van der Waals surface area contributed by atoms with E-state index in [0.717, 1.165) is 35.5 Å². The van der Waals surface area contributed by atoms with E-state index < -0.39 is 0 Å². The van der Waals surface area contributed by atoms with Crippen molar-refractivity contribution in [1.82, 2.24) is 20.4 Å². The summed E-state index contributed by atoms with van der Waals surface area (Å²) in [7, 11) is 1.64. The summed E-state index contributed by atoms with van der Waals surface area (Å²) in [6.07, 6.45) is 0.728. The highest BCUT2D eigenvalue weighted by Gasteiger charge is 2.30. The fourth-order valence-electron chi connectivity index (χ4n) is 3.43. The third-order valence-electron chi connectivity index (χ3n) is 4.83. The van der Waals surface area contributed by atoms with E-state index in [1.807, 2.05) is 29.2 Å². The zero-order valence-electron chi connectivity index (χ0n) is 14.7. The third kappa shape index (κ3) is 3.56. The zero-order valence-corrected chi connectivity index (χ0v) is 15.5. The van der Waals surface area contributed by atoms with Crippen molar-refractivity contribution >= 4 is 18.3 Å². The fraction of sp³-hybridized carbons (Fsp3) is 0.444. The van der Waals surface area contributed by atoms with Crippen LogP contribution in [0.4, 0.5) is 0 Å². The van der Waals surface area contributed by atoms with E-state index >= 15 is 0 Å². The molecule has 0 radical (unpaired) electrons. The van der Waals surface area contributed by atoms with Crippen LogP contribution in [0.1, 0.15) is 33.4 Å². The average molecular weight is 379 g/mol. The SMILES string of the molecule is COc1cccc(C2CN(C(=O)c3n[nH]c4c3CNCC4)CCO2)c1.Cl. The van der Waals surface area contributed by atoms with Crippen LogP contribution in [0.3, 0.4) is 0 Å². The van der Waals surface area contributed by atoms with Gasteiger partial charge in [-0.2, -0.15) is 5.10 Å². The molecule has 0 spiro atoms. The van der Waals surface area contributed by atoms with E-state index in [-0.39, 0.29) is 24.4 Å². The van der Waals surface area contributed by atoms with Gasteiger partial charge in [-0.3, -0.25) is 9.89 Å². The number of ether oxygens (including phenoxy) is 2. The lowest BCUT2D eigenvalue weighted by atomic mass is 10.0. The maximum absolute atomic E-state index is 13.0. The number of aromatic amines is 1. The predicted molar refractivity (Wildman–Crippen MR) is 98.8 cm³/mol. The molecule has 1 fully saturated rings. The summed E-state index contributed by atoms with van der Waals surface area (Å²) in [5, 5.41) is 10.6. The van der Waals surface area contributed by atoms with Crippen molar-refractivity contribution < 1.29 is 14.3 Å². The third-order valence-corrected chi connectivity index (χ3v) is 4.83. The lowest BCUT2D eigenvalue weighted by molar-refractivity contribution is -0.0231. The van der Waals surface area contributed by atoms with Gasteiger partial charge in [0.15, 0.2) is 5.69 Å². The van der Waals surface area contributed by atoms with Gasteiger partial charge in [-0.05, 0) is 17.7 Å². The van der Waals surface area contributed by atoms with Crippen LogP contribution in [-0.4, -0.2) is 54.4 Å². The molecule has 1 aromatic carbocycles. The van der Waals surface area contributed by atoms with Crippen LogP contribution in [0.15, 0.2) is 24.3 Å². The van der Waals surface area contributed by atoms with Gasteiger partial charge in [0, 0.05) is 37.3 Å². The molecule has 0 aliphatic carbocycles. The monoisotopic (exact) mass is 378 g/mol. The molecular weight excluding hydrogens is 356 g/mol. The average Bonchev–Trinajstić information content (AvgIpc) is 3.11. The molecule has 0 saturated carbocycles. The number of nitrogens with zero attached hydrogens (tertiary/aromatic N) is 2. The van der Waals surface area contributed by atoms with Crippen LogP contribution in [0.25, 0.3) is 0 Å². The normalized spacial score (nSPS) is 19.4. The van der Waals surface area contributed by atoms with Gasteiger partial charge in [0.2, 0.25) is 0 Å².